The molecule has 0 bridgehead atoms. The molecule has 0 aromatic heterocycles. The molecule has 0 aromatic carbocycles. The predicted octanol–water partition coefficient (Wildman–Crippen LogP) is 6.20. The molecule has 0 spiro atoms. The number of thioether (sulfide) groups is 3. The standard InChI is InChI=1S/C21H36O3S3/c1-16(22)25-12-4-7-19-10-11-20(8-5-13-26-17(2)23)21(15-19)9-6-14-27-18(3)24/h19-21H,4-15H2,1-3H3. The van der Waals surface area contributed by atoms with E-state index in [0.29, 0.717) is 0 Å². The lowest BCUT2D eigenvalue weighted by Gasteiger charge is -2.36. The van der Waals surface area contributed by atoms with E-state index in [4.69, 9.17) is 0 Å². The minimum atomic E-state index is 0.220. The molecular weight excluding hydrogens is 396 g/mol. The topological polar surface area (TPSA) is 51.2 Å². The lowest BCUT2D eigenvalue weighted by molar-refractivity contribution is -0.109. The van der Waals surface area contributed by atoms with Gasteiger partial charge >= 0.3 is 0 Å². The first-order valence-corrected chi connectivity index (χ1v) is 13.2. The molecule has 0 saturated heterocycles. The van der Waals surface area contributed by atoms with Crippen LogP contribution in [0.1, 0.15) is 78.6 Å². The van der Waals surface area contributed by atoms with Gasteiger partial charge in [-0.05, 0) is 69.1 Å². The monoisotopic (exact) mass is 432 g/mol. The van der Waals surface area contributed by atoms with E-state index in [1.54, 1.807) is 20.8 Å². The number of carbonyl (C=O) groups excluding carboxylic acids is 3. The highest BCUT2D eigenvalue weighted by Crippen LogP contribution is 2.41. The maximum Gasteiger partial charge on any atom is 0.185 e. The van der Waals surface area contributed by atoms with Gasteiger partial charge in [-0.3, -0.25) is 14.4 Å². The summed E-state index contributed by atoms with van der Waals surface area (Å²) in [5.74, 6) is 5.19. The number of rotatable bonds is 12. The number of carbonyl (C=O) groups is 3. The SMILES string of the molecule is CC(=O)SCCCC1CCC(CCCSC(C)=O)C(CCCSC(C)=O)C1. The van der Waals surface area contributed by atoms with Crippen molar-refractivity contribution in [3.8, 4) is 0 Å². The molecule has 27 heavy (non-hydrogen) atoms. The average molecular weight is 433 g/mol. The van der Waals surface area contributed by atoms with Gasteiger partial charge < -0.3 is 0 Å². The molecule has 1 fully saturated rings. The summed E-state index contributed by atoms with van der Waals surface area (Å²) < 4.78 is 0. The minimum absolute atomic E-state index is 0.220. The van der Waals surface area contributed by atoms with Gasteiger partial charge in [0.05, 0.1) is 0 Å². The van der Waals surface area contributed by atoms with Crippen molar-refractivity contribution < 1.29 is 14.4 Å². The van der Waals surface area contributed by atoms with E-state index in [9.17, 15) is 14.4 Å². The highest BCUT2D eigenvalue weighted by Gasteiger charge is 2.29. The summed E-state index contributed by atoms with van der Waals surface area (Å²) in [6.07, 6.45) is 11.0. The van der Waals surface area contributed by atoms with Crippen LogP contribution in [0.25, 0.3) is 0 Å². The Morgan fingerprint density at radius 2 is 1.11 bits per heavy atom. The van der Waals surface area contributed by atoms with Crippen LogP contribution in [0.15, 0.2) is 0 Å². The van der Waals surface area contributed by atoms with Crippen LogP contribution < -0.4 is 0 Å². The van der Waals surface area contributed by atoms with Crippen LogP contribution in [0.5, 0.6) is 0 Å². The highest BCUT2D eigenvalue weighted by molar-refractivity contribution is 8.14. The molecule has 0 heterocycles. The van der Waals surface area contributed by atoms with E-state index in [2.05, 4.69) is 0 Å². The Balaban J connectivity index is 2.40. The Morgan fingerprint density at radius 1 is 0.667 bits per heavy atom. The zero-order chi connectivity index (χ0) is 20.1. The highest BCUT2D eigenvalue weighted by atomic mass is 32.2. The molecule has 1 rings (SSSR count). The van der Waals surface area contributed by atoms with Crippen LogP contribution in [0.3, 0.4) is 0 Å². The summed E-state index contributed by atoms with van der Waals surface area (Å²) in [6, 6.07) is 0. The van der Waals surface area contributed by atoms with Crippen LogP contribution in [-0.4, -0.2) is 32.6 Å². The van der Waals surface area contributed by atoms with Gasteiger partial charge in [-0.25, -0.2) is 0 Å². The van der Waals surface area contributed by atoms with Crippen LogP contribution in [-0.2, 0) is 14.4 Å². The Kier molecular flexibility index (Phi) is 13.9. The van der Waals surface area contributed by atoms with Gasteiger partial charge in [-0.2, -0.15) is 0 Å². The van der Waals surface area contributed by atoms with Gasteiger partial charge in [0.1, 0.15) is 0 Å². The zero-order valence-electron chi connectivity index (χ0n) is 17.2. The normalized spacial score (nSPS) is 22.6. The maximum absolute atomic E-state index is 11.1. The fraction of sp³-hybridized carbons (Fsp3) is 0.857. The summed E-state index contributed by atoms with van der Waals surface area (Å²) in [5.41, 5.74) is 0. The fourth-order valence-electron chi connectivity index (χ4n) is 4.13. The second-order valence-corrected chi connectivity index (χ2v) is 11.5. The molecule has 3 nitrogen and oxygen atoms in total. The molecule has 1 saturated carbocycles. The number of hydrogen-bond acceptors (Lipinski definition) is 6. The smallest absolute Gasteiger partial charge is 0.185 e. The summed E-state index contributed by atoms with van der Waals surface area (Å²) in [4.78, 5) is 33.3. The summed E-state index contributed by atoms with van der Waals surface area (Å²) in [7, 11) is 0. The van der Waals surface area contributed by atoms with Gasteiger partial charge in [0.15, 0.2) is 15.3 Å². The molecule has 0 aliphatic heterocycles. The van der Waals surface area contributed by atoms with Gasteiger partial charge in [0, 0.05) is 38.0 Å². The lowest BCUT2D eigenvalue weighted by atomic mass is 9.70. The van der Waals surface area contributed by atoms with Crippen LogP contribution >= 0.6 is 35.3 Å². The van der Waals surface area contributed by atoms with Crippen molar-refractivity contribution in [2.24, 2.45) is 17.8 Å². The summed E-state index contributed by atoms with van der Waals surface area (Å²) >= 11 is 4.36. The van der Waals surface area contributed by atoms with Crippen molar-refractivity contribution in [1.29, 1.82) is 0 Å². The second-order valence-electron chi connectivity index (χ2n) is 7.65. The first kappa shape index (κ1) is 25.1. The van der Waals surface area contributed by atoms with Gasteiger partial charge in [-0.1, -0.05) is 41.7 Å². The Morgan fingerprint density at radius 3 is 1.59 bits per heavy atom. The van der Waals surface area contributed by atoms with E-state index in [1.165, 1.54) is 73.8 Å². The van der Waals surface area contributed by atoms with E-state index >= 15 is 0 Å². The molecule has 3 atom stereocenters. The zero-order valence-corrected chi connectivity index (χ0v) is 19.6. The second kappa shape index (κ2) is 15.0. The third-order valence-electron chi connectivity index (χ3n) is 5.36. The molecule has 0 amide bonds. The Labute approximate surface area is 178 Å². The van der Waals surface area contributed by atoms with Crippen LogP contribution in [0.4, 0.5) is 0 Å². The first-order valence-electron chi connectivity index (χ1n) is 10.3. The Hall–Kier alpha value is 0.0600. The van der Waals surface area contributed by atoms with Crippen LogP contribution in [0.2, 0.25) is 0 Å². The fourth-order valence-corrected chi connectivity index (χ4v) is 5.93. The third-order valence-corrected chi connectivity index (χ3v) is 8.06. The minimum Gasteiger partial charge on any atom is -0.288 e. The Bertz CT molecular complexity index is 468. The van der Waals surface area contributed by atoms with Gasteiger partial charge in [-0.15, -0.1) is 0 Å². The van der Waals surface area contributed by atoms with E-state index in [1.807, 2.05) is 0 Å². The van der Waals surface area contributed by atoms with Crippen molar-refractivity contribution in [2.45, 2.75) is 78.6 Å². The quantitative estimate of drug-likeness (QED) is 0.342. The molecular formula is C21H36O3S3. The number of hydrogen-bond donors (Lipinski definition) is 0. The van der Waals surface area contributed by atoms with Crippen molar-refractivity contribution in [1.82, 2.24) is 0 Å². The largest absolute Gasteiger partial charge is 0.288 e. The molecule has 0 radical (unpaired) electrons. The van der Waals surface area contributed by atoms with E-state index < -0.39 is 0 Å². The van der Waals surface area contributed by atoms with Crippen LogP contribution in [0, 0.1) is 17.8 Å². The first-order chi connectivity index (χ1) is 12.9. The van der Waals surface area contributed by atoms with E-state index in [-0.39, 0.29) is 15.3 Å². The van der Waals surface area contributed by atoms with Gasteiger partial charge in [0.25, 0.3) is 0 Å². The summed E-state index contributed by atoms with van der Waals surface area (Å²) in [5, 5.41) is 0.667. The summed E-state index contributed by atoms with van der Waals surface area (Å²) in [6.45, 7) is 4.95. The predicted molar refractivity (Wildman–Crippen MR) is 121 cm³/mol. The maximum atomic E-state index is 11.1. The molecule has 6 heteroatoms. The van der Waals surface area contributed by atoms with Gasteiger partial charge in [0.2, 0.25) is 0 Å². The molecule has 0 aromatic rings. The molecule has 3 unspecified atom stereocenters. The van der Waals surface area contributed by atoms with Crippen molar-refractivity contribution >= 4 is 50.6 Å². The third kappa shape index (κ3) is 13.0. The van der Waals surface area contributed by atoms with E-state index in [0.717, 1.165) is 54.3 Å². The molecule has 156 valence electrons. The molecule has 1 aliphatic carbocycles. The van der Waals surface area contributed by atoms with Crippen molar-refractivity contribution in [3.05, 3.63) is 0 Å². The van der Waals surface area contributed by atoms with Crippen molar-refractivity contribution in [3.63, 3.8) is 0 Å². The van der Waals surface area contributed by atoms with Crippen molar-refractivity contribution in [2.75, 3.05) is 17.3 Å². The lowest BCUT2D eigenvalue weighted by Crippen LogP contribution is -2.25. The molecule has 0 N–H and O–H groups in total. The molecule has 1 aliphatic rings. The average Bonchev–Trinajstić information content (AvgIpc) is 2.60.